The minimum atomic E-state index is -0.629. The van der Waals surface area contributed by atoms with Crippen LogP contribution in [0.3, 0.4) is 0 Å². The zero-order chi connectivity index (χ0) is 14.7. The van der Waals surface area contributed by atoms with Crippen molar-refractivity contribution >= 4 is 27.3 Å². The molecule has 0 amide bonds. The smallest absolute Gasteiger partial charge is 0.185 e. The summed E-state index contributed by atoms with van der Waals surface area (Å²) in [5.74, 6) is 2.00. The van der Waals surface area contributed by atoms with Crippen LogP contribution in [0.25, 0.3) is 0 Å². The fourth-order valence-electron chi connectivity index (χ4n) is 2.19. The molecule has 1 aromatic rings. The molecule has 4 nitrogen and oxygen atoms in total. The molecule has 1 fully saturated rings. The number of rotatable bonds is 5. The number of anilines is 1. The van der Waals surface area contributed by atoms with Gasteiger partial charge in [-0.15, -0.1) is 11.3 Å². The van der Waals surface area contributed by atoms with Gasteiger partial charge in [0.25, 0.3) is 0 Å². The molecule has 1 saturated heterocycles. The van der Waals surface area contributed by atoms with Crippen LogP contribution in [-0.2, 0) is 17.3 Å². The second-order valence-electron chi connectivity index (χ2n) is 5.83. The average Bonchev–Trinajstić information content (AvgIpc) is 2.81. The molecule has 1 aliphatic rings. The molecule has 0 radical (unpaired) electrons. The van der Waals surface area contributed by atoms with Crippen molar-refractivity contribution in [3.8, 4) is 0 Å². The van der Waals surface area contributed by atoms with Crippen LogP contribution in [0, 0.1) is 0 Å². The topological polar surface area (TPSA) is 45.2 Å². The lowest BCUT2D eigenvalue weighted by Crippen LogP contribution is -2.37. The van der Waals surface area contributed by atoms with Gasteiger partial charge in [-0.3, -0.25) is 4.21 Å². The first-order valence-electron chi connectivity index (χ1n) is 7.30. The predicted molar refractivity (Wildman–Crippen MR) is 88.3 cm³/mol. The molecule has 0 unspecified atom stereocenters. The molecular weight excluding hydrogens is 290 g/mol. The van der Waals surface area contributed by atoms with E-state index in [1.54, 1.807) is 11.3 Å². The fourth-order valence-corrected chi connectivity index (χ4v) is 4.46. The highest BCUT2D eigenvalue weighted by molar-refractivity contribution is 7.85. The zero-order valence-corrected chi connectivity index (χ0v) is 14.4. The van der Waals surface area contributed by atoms with Crippen LogP contribution >= 0.6 is 11.3 Å². The van der Waals surface area contributed by atoms with Crippen LogP contribution < -0.4 is 10.2 Å². The summed E-state index contributed by atoms with van der Waals surface area (Å²) in [5.41, 5.74) is 1.21. The number of nitrogens with one attached hydrogen (secondary N) is 1. The predicted octanol–water partition coefficient (Wildman–Crippen LogP) is 2.33. The van der Waals surface area contributed by atoms with Crippen molar-refractivity contribution in [1.82, 2.24) is 10.3 Å². The second kappa shape index (κ2) is 7.00. The summed E-state index contributed by atoms with van der Waals surface area (Å²) in [5, 5.41) is 4.59. The van der Waals surface area contributed by atoms with Gasteiger partial charge < -0.3 is 10.2 Å². The molecular formula is C14H25N3OS2. The van der Waals surface area contributed by atoms with Gasteiger partial charge >= 0.3 is 0 Å². The summed E-state index contributed by atoms with van der Waals surface area (Å²) in [6.07, 6.45) is 0. The van der Waals surface area contributed by atoms with Gasteiger partial charge in [0.1, 0.15) is 0 Å². The van der Waals surface area contributed by atoms with Gasteiger partial charge in [0.15, 0.2) is 5.13 Å². The Kier molecular flexibility index (Phi) is 5.57. The molecule has 1 aromatic heterocycles. The standard InChI is InChI=1S/C14H25N3OS2/c1-10(2)13-12(9-15-11(3)4)19-14(16-13)17-5-7-20(18)8-6-17/h10-11,15H,5-9H2,1-4H3. The van der Waals surface area contributed by atoms with Gasteiger partial charge in [0.2, 0.25) is 0 Å². The molecule has 0 aliphatic carbocycles. The normalized spacial score (nSPS) is 17.4. The first-order chi connectivity index (χ1) is 9.47. The molecule has 20 heavy (non-hydrogen) atoms. The summed E-state index contributed by atoms with van der Waals surface area (Å²) in [4.78, 5) is 8.47. The van der Waals surface area contributed by atoms with Gasteiger partial charge in [0, 0.05) is 52.9 Å². The van der Waals surface area contributed by atoms with Crippen LogP contribution in [0.2, 0.25) is 0 Å². The number of aromatic nitrogens is 1. The molecule has 1 N–H and O–H groups in total. The van der Waals surface area contributed by atoms with Crippen molar-refractivity contribution in [2.75, 3.05) is 29.5 Å². The average molecular weight is 316 g/mol. The van der Waals surface area contributed by atoms with Gasteiger partial charge in [-0.25, -0.2) is 4.98 Å². The first kappa shape index (κ1) is 15.9. The molecule has 2 rings (SSSR count). The van der Waals surface area contributed by atoms with Crippen molar-refractivity contribution < 1.29 is 4.21 Å². The van der Waals surface area contributed by atoms with E-state index >= 15 is 0 Å². The van der Waals surface area contributed by atoms with Crippen LogP contribution in [0.1, 0.15) is 44.2 Å². The summed E-state index contributed by atoms with van der Waals surface area (Å²) in [6.45, 7) is 11.4. The molecule has 114 valence electrons. The molecule has 0 atom stereocenters. The Bertz CT molecular complexity index is 461. The minimum Gasteiger partial charge on any atom is -0.346 e. The third kappa shape index (κ3) is 4.02. The van der Waals surface area contributed by atoms with E-state index in [-0.39, 0.29) is 0 Å². The fraction of sp³-hybridized carbons (Fsp3) is 0.786. The maximum absolute atomic E-state index is 11.5. The Morgan fingerprint density at radius 1 is 1.30 bits per heavy atom. The summed E-state index contributed by atoms with van der Waals surface area (Å²) >= 11 is 1.79. The Hall–Kier alpha value is -0.460. The first-order valence-corrected chi connectivity index (χ1v) is 9.60. The Morgan fingerprint density at radius 2 is 1.95 bits per heavy atom. The Morgan fingerprint density at radius 3 is 2.50 bits per heavy atom. The van der Waals surface area contributed by atoms with E-state index < -0.39 is 10.8 Å². The SMILES string of the molecule is CC(C)NCc1sc(N2CCS(=O)CC2)nc1C(C)C. The Labute approximate surface area is 128 Å². The van der Waals surface area contributed by atoms with E-state index in [9.17, 15) is 4.21 Å². The highest BCUT2D eigenvalue weighted by Gasteiger charge is 2.21. The van der Waals surface area contributed by atoms with E-state index in [1.807, 2.05) is 0 Å². The molecule has 0 saturated carbocycles. The lowest BCUT2D eigenvalue weighted by molar-refractivity contribution is 0.588. The van der Waals surface area contributed by atoms with Gasteiger partial charge in [-0.1, -0.05) is 27.7 Å². The van der Waals surface area contributed by atoms with Crippen molar-refractivity contribution in [3.05, 3.63) is 10.6 Å². The monoisotopic (exact) mass is 315 g/mol. The van der Waals surface area contributed by atoms with Crippen molar-refractivity contribution in [3.63, 3.8) is 0 Å². The Balaban J connectivity index is 2.13. The molecule has 1 aliphatic heterocycles. The van der Waals surface area contributed by atoms with Crippen LogP contribution in [0.5, 0.6) is 0 Å². The lowest BCUT2D eigenvalue weighted by atomic mass is 10.1. The van der Waals surface area contributed by atoms with E-state index in [0.717, 1.165) is 36.3 Å². The second-order valence-corrected chi connectivity index (χ2v) is 8.59. The molecule has 0 bridgehead atoms. The van der Waals surface area contributed by atoms with Crippen molar-refractivity contribution in [1.29, 1.82) is 0 Å². The van der Waals surface area contributed by atoms with Crippen LogP contribution in [0.15, 0.2) is 0 Å². The third-order valence-electron chi connectivity index (χ3n) is 3.38. The number of hydrogen-bond donors (Lipinski definition) is 1. The van der Waals surface area contributed by atoms with Crippen molar-refractivity contribution in [2.45, 2.75) is 46.2 Å². The lowest BCUT2D eigenvalue weighted by Gasteiger charge is -2.25. The van der Waals surface area contributed by atoms with E-state index in [1.165, 1.54) is 10.6 Å². The summed E-state index contributed by atoms with van der Waals surface area (Å²) < 4.78 is 11.5. The molecule has 6 heteroatoms. The van der Waals surface area contributed by atoms with Gasteiger partial charge in [-0.2, -0.15) is 0 Å². The highest BCUT2D eigenvalue weighted by Crippen LogP contribution is 2.31. The minimum absolute atomic E-state index is 0.447. The number of thiazole rings is 1. The maximum Gasteiger partial charge on any atom is 0.185 e. The maximum atomic E-state index is 11.5. The van der Waals surface area contributed by atoms with E-state index in [4.69, 9.17) is 4.98 Å². The van der Waals surface area contributed by atoms with Crippen LogP contribution in [0.4, 0.5) is 5.13 Å². The van der Waals surface area contributed by atoms with Crippen molar-refractivity contribution in [2.24, 2.45) is 0 Å². The van der Waals surface area contributed by atoms with E-state index in [2.05, 4.69) is 37.9 Å². The molecule has 2 heterocycles. The molecule has 0 aromatic carbocycles. The summed E-state index contributed by atoms with van der Waals surface area (Å²) in [7, 11) is -0.629. The quantitative estimate of drug-likeness (QED) is 0.906. The van der Waals surface area contributed by atoms with Crippen LogP contribution in [-0.4, -0.2) is 39.8 Å². The van der Waals surface area contributed by atoms with Gasteiger partial charge in [-0.05, 0) is 5.92 Å². The number of hydrogen-bond acceptors (Lipinski definition) is 5. The van der Waals surface area contributed by atoms with Gasteiger partial charge in [0.05, 0.1) is 5.69 Å². The van der Waals surface area contributed by atoms with E-state index in [0.29, 0.717) is 12.0 Å². The largest absolute Gasteiger partial charge is 0.346 e. The summed E-state index contributed by atoms with van der Waals surface area (Å²) in [6, 6.07) is 0.484. The molecule has 0 spiro atoms. The third-order valence-corrected chi connectivity index (χ3v) is 5.79. The highest BCUT2D eigenvalue weighted by atomic mass is 32.2. The zero-order valence-electron chi connectivity index (χ0n) is 12.8. The number of nitrogens with zero attached hydrogens (tertiary/aromatic N) is 2.